The molecule has 0 saturated carbocycles. The first-order valence-electron chi connectivity index (χ1n) is 10.7. The first-order chi connectivity index (χ1) is 15.6. The van der Waals surface area contributed by atoms with Crippen molar-refractivity contribution in [2.45, 2.75) is 13.3 Å². The van der Waals surface area contributed by atoms with Gasteiger partial charge in [0.25, 0.3) is 0 Å². The highest BCUT2D eigenvalue weighted by Gasteiger charge is 2.22. The number of amidine groups is 1. The number of hydrogen-bond acceptors (Lipinski definition) is 5. The number of anilines is 1. The van der Waals surface area contributed by atoms with Crippen molar-refractivity contribution in [3.05, 3.63) is 84.6 Å². The second-order valence-corrected chi connectivity index (χ2v) is 8.36. The summed E-state index contributed by atoms with van der Waals surface area (Å²) in [4.78, 5) is 7.22. The maximum Gasteiger partial charge on any atom is 0.155 e. The quantitative estimate of drug-likeness (QED) is 0.477. The van der Waals surface area contributed by atoms with E-state index in [4.69, 9.17) is 4.99 Å². The summed E-state index contributed by atoms with van der Waals surface area (Å²) < 4.78 is 1.89. The van der Waals surface area contributed by atoms with Gasteiger partial charge in [0.2, 0.25) is 0 Å². The maximum atomic E-state index is 5.05. The molecule has 2 N–H and O–H groups in total. The Labute approximate surface area is 185 Å². The standard InChI is InChI=1S/C25H23N7/c1-16-3-7-24-25(28-20-5-6-21-18(12-20)13-26-30-21)29-22(15-32(24)10-9-16)17-4-8-23-19(11-17)14-27-31(23)2/h4-16H,3H2,1-2H3,(H,26,30)(H,28,29). The van der Waals surface area contributed by atoms with E-state index in [1.54, 1.807) is 0 Å². The van der Waals surface area contributed by atoms with Gasteiger partial charge in [-0.2, -0.15) is 10.2 Å². The van der Waals surface area contributed by atoms with Gasteiger partial charge in [-0.25, -0.2) is 4.99 Å². The second-order valence-electron chi connectivity index (χ2n) is 8.36. The monoisotopic (exact) mass is 421 g/mol. The van der Waals surface area contributed by atoms with Crippen LogP contribution in [-0.2, 0) is 7.05 Å². The van der Waals surface area contributed by atoms with Crippen molar-refractivity contribution in [1.29, 1.82) is 0 Å². The average molecular weight is 422 g/mol. The highest BCUT2D eigenvalue weighted by atomic mass is 15.2. The third-order valence-corrected chi connectivity index (χ3v) is 6.02. The molecule has 2 aromatic heterocycles. The summed E-state index contributed by atoms with van der Waals surface area (Å²) in [6, 6.07) is 12.5. The molecule has 32 heavy (non-hydrogen) atoms. The van der Waals surface area contributed by atoms with Crippen LogP contribution in [-0.4, -0.2) is 30.7 Å². The summed E-state index contributed by atoms with van der Waals surface area (Å²) in [6.07, 6.45) is 13.4. The molecule has 0 bridgehead atoms. The van der Waals surface area contributed by atoms with Crippen LogP contribution in [0.1, 0.15) is 18.9 Å². The van der Waals surface area contributed by atoms with E-state index in [-0.39, 0.29) is 0 Å². The molecule has 1 unspecified atom stereocenters. The molecular formula is C25H23N7. The van der Waals surface area contributed by atoms with Crippen molar-refractivity contribution in [3.8, 4) is 0 Å². The molecular weight excluding hydrogens is 398 g/mol. The van der Waals surface area contributed by atoms with Crippen molar-refractivity contribution >= 4 is 39.0 Å². The molecule has 0 radical (unpaired) electrons. The number of allylic oxidation sites excluding steroid dienone is 2. The molecule has 4 heterocycles. The van der Waals surface area contributed by atoms with E-state index in [1.165, 1.54) is 0 Å². The fourth-order valence-corrected chi connectivity index (χ4v) is 4.18. The Bertz CT molecular complexity index is 1460. The maximum absolute atomic E-state index is 5.05. The predicted octanol–water partition coefficient (Wildman–Crippen LogP) is 5.01. The summed E-state index contributed by atoms with van der Waals surface area (Å²) in [5, 5.41) is 17.2. The highest BCUT2D eigenvalue weighted by Crippen LogP contribution is 2.31. The van der Waals surface area contributed by atoms with Crippen LogP contribution in [0.15, 0.2) is 84.0 Å². The fraction of sp³-hybridized carbons (Fsp3) is 0.160. The minimum atomic E-state index is 0.472. The minimum absolute atomic E-state index is 0.472. The zero-order chi connectivity index (χ0) is 21.7. The normalized spacial score (nSPS) is 18.2. The molecule has 0 fully saturated rings. The van der Waals surface area contributed by atoms with Gasteiger partial charge in [-0.15, -0.1) is 0 Å². The largest absolute Gasteiger partial charge is 0.338 e. The van der Waals surface area contributed by atoms with Gasteiger partial charge in [-0.3, -0.25) is 9.78 Å². The molecule has 0 saturated heterocycles. The number of aliphatic imine (C=N–C) groups is 1. The fourth-order valence-electron chi connectivity index (χ4n) is 4.18. The summed E-state index contributed by atoms with van der Waals surface area (Å²) >= 11 is 0. The molecule has 2 aliphatic heterocycles. The summed E-state index contributed by atoms with van der Waals surface area (Å²) in [5.74, 6) is 1.30. The predicted molar refractivity (Wildman–Crippen MR) is 129 cm³/mol. The number of benzene rings is 2. The van der Waals surface area contributed by atoms with E-state index < -0.39 is 0 Å². The van der Waals surface area contributed by atoms with Crippen molar-refractivity contribution in [1.82, 2.24) is 24.9 Å². The number of aromatic amines is 1. The average Bonchev–Trinajstić information content (AvgIpc) is 3.37. The van der Waals surface area contributed by atoms with Crippen LogP contribution < -0.4 is 5.32 Å². The molecule has 0 amide bonds. The van der Waals surface area contributed by atoms with Gasteiger partial charge in [-0.1, -0.05) is 25.1 Å². The van der Waals surface area contributed by atoms with Gasteiger partial charge in [0.15, 0.2) is 5.84 Å². The van der Waals surface area contributed by atoms with E-state index in [0.717, 1.165) is 56.7 Å². The Morgan fingerprint density at radius 1 is 1.09 bits per heavy atom. The third-order valence-electron chi connectivity index (χ3n) is 6.02. The van der Waals surface area contributed by atoms with E-state index >= 15 is 0 Å². The Hall–Kier alpha value is -4.13. The van der Waals surface area contributed by atoms with Crippen LogP contribution in [0.5, 0.6) is 0 Å². The van der Waals surface area contributed by atoms with Crippen LogP contribution in [0.3, 0.4) is 0 Å². The van der Waals surface area contributed by atoms with Crippen molar-refractivity contribution < 1.29 is 0 Å². The van der Waals surface area contributed by atoms with Gasteiger partial charge in [-0.05, 0) is 42.7 Å². The SMILES string of the molecule is CC1C=CN2C=C(c3ccc4c(cnn4C)c3)N=C(Nc3ccc4[nH]ncc4c3)C2=CC1. The van der Waals surface area contributed by atoms with Crippen LogP contribution in [0.2, 0.25) is 0 Å². The Morgan fingerprint density at radius 2 is 2.03 bits per heavy atom. The lowest BCUT2D eigenvalue weighted by Crippen LogP contribution is -2.27. The first-order valence-corrected chi connectivity index (χ1v) is 10.7. The molecule has 158 valence electrons. The first kappa shape index (κ1) is 18.6. The number of H-pyrrole nitrogens is 1. The molecule has 1 atom stereocenters. The molecule has 6 rings (SSSR count). The van der Waals surface area contributed by atoms with E-state index in [1.807, 2.05) is 36.3 Å². The number of fused-ring (bicyclic) bond motifs is 3. The number of nitrogens with zero attached hydrogens (tertiary/aromatic N) is 5. The molecule has 7 nitrogen and oxygen atoms in total. The lowest BCUT2D eigenvalue weighted by atomic mass is 10.1. The second kappa shape index (κ2) is 7.23. The lowest BCUT2D eigenvalue weighted by Gasteiger charge is -2.26. The zero-order valence-electron chi connectivity index (χ0n) is 17.9. The molecule has 0 aliphatic carbocycles. The van der Waals surface area contributed by atoms with Gasteiger partial charge in [0.1, 0.15) is 0 Å². The number of aromatic nitrogens is 4. The Balaban J connectivity index is 1.44. The summed E-state index contributed by atoms with van der Waals surface area (Å²) in [6.45, 7) is 2.23. The van der Waals surface area contributed by atoms with Crippen molar-refractivity contribution in [3.63, 3.8) is 0 Å². The van der Waals surface area contributed by atoms with Gasteiger partial charge in [0, 0.05) is 41.5 Å². The van der Waals surface area contributed by atoms with Crippen LogP contribution in [0.25, 0.3) is 27.5 Å². The van der Waals surface area contributed by atoms with Gasteiger partial charge >= 0.3 is 0 Å². The number of nitrogens with one attached hydrogen (secondary N) is 2. The molecule has 2 aromatic carbocycles. The van der Waals surface area contributed by atoms with Gasteiger partial charge < -0.3 is 10.2 Å². The molecule has 4 aromatic rings. The van der Waals surface area contributed by atoms with Gasteiger partial charge in [0.05, 0.1) is 34.8 Å². The zero-order valence-corrected chi connectivity index (χ0v) is 17.9. The topological polar surface area (TPSA) is 74.1 Å². The lowest BCUT2D eigenvalue weighted by molar-refractivity contribution is 0.656. The number of rotatable bonds is 2. The van der Waals surface area contributed by atoms with Crippen LogP contribution in [0.4, 0.5) is 5.69 Å². The van der Waals surface area contributed by atoms with E-state index in [0.29, 0.717) is 5.92 Å². The van der Waals surface area contributed by atoms with E-state index in [9.17, 15) is 0 Å². The Morgan fingerprint density at radius 3 is 2.97 bits per heavy atom. The molecule has 2 aliphatic rings. The van der Waals surface area contributed by atoms with E-state index in [2.05, 4.69) is 81.3 Å². The minimum Gasteiger partial charge on any atom is -0.338 e. The van der Waals surface area contributed by atoms with Crippen LogP contribution in [0, 0.1) is 5.92 Å². The number of aryl methyl sites for hydroxylation is 1. The van der Waals surface area contributed by atoms with Crippen LogP contribution >= 0.6 is 0 Å². The molecule has 0 spiro atoms. The summed E-state index contributed by atoms with van der Waals surface area (Å²) in [7, 11) is 1.96. The van der Waals surface area contributed by atoms with Crippen molar-refractivity contribution in [2.75, 3.05) is 5.32 Å². The third kappa shape index (κ3) is 3.19. The highest BCUT2D eigenvalue weighted by molar-refractivity contribution is 6.11. The Kier molecular flexibility index (Phi) is 4.21. The summed E-state index contributed by atoms with van der Waals surface area (Å²) in [5.41, 5.74) is 6.11. The van der Waals surface area contributed by atoms with Crippen molar-refractivity contribution in [2.24, 2.45) is 18.0 Å². The molecule has 7 heteroatoms. The smallest absolute Gasteiger partial charge is 0.155 e. The number of hydrogen-bond donors (Lipinski definition) is 2.